The molecule has 0 unspecified atom stereocenters. The van der Waals surface area contributed by atoms with Crippen LogP contribution in [0.4, 0.5) is 5.13 Å². The lowest BCUT2D eigenvalue weighted by Crippen LogP contribution is -2.27. The van der Waals surface area contributed by atoms with Crippen molar-refractivity contribution >= 4 is 50.1 Å². The molecule has 2 aromatic rings. The van der Waals surface area contributed by atoms with Crippen LogP contribution in [0.3, 0.4) is 0 Å². The number of carbonyl (C=O) groups is 1. The van der Waals surface area contributed by atoms with Gasteiger partial charge in [0, 0.05) is 24.6 Å². The highest BCUT2D eigenvalue weighted by Gasteiger charge is 2.13. The number of amides is 1. The van der Waals surface area contributed by atoms with Gasteiger partial charge in [-0.2, -0.15) is 0 Å². The fourth-order valence-electron chi connectivity index (χ4n) is 1.69. The normalized spacial score (nSPS) is 10.5. The van der Waals surface area contributed by atoms with E-state index in [1.807, 2.05) is 38.2 Å². The zero-order valence-corrected chi connectivity index (χ0v) is 15.6. The van der Waals surface area contributed by atoms with Gasteiger partial charge in [-0.15, -0.1) is 10.2 Å². The Kier molecular flexibility index (Phi) is 6.66. The summed E-state index contributed by atoms with van der Waals surface area (Å²) in [4.78, 5) is 13.9. The van der Waals surface area contributed by atoms with Crippen LogP contribution < -0.4 is 5.32 Å². The predicted molar refractivity (Wildman–Crippen MR) is 95.4 cm³/mol. The molecular weight excluding hydrogens is 384 g/mol. The molecule has 0 fully saturated rings. The lowest BCUT2D eigenvalue weighted by molar-refractivity contribution is -0.127. The Hall–Kier alpha value is -1.12. The molecule has 1 aromatic carbocycles. The third-order valence-electron chi connectivity index (χ3n) is 2.84. The Bertz CT molecular complexity index is 635. The number of nitrogens with zero attached hydrogens (tertiary/aromatic N) is 3. The van der Waals surface area contributed by atoms with Crippen molar-refractivity contribution in [2.75, 3.05) is 24.7 Å². The van der Waals surface area contributed by atoms with Gasteiger partial charge in [-0.05, 0) is 18.6 Å². The molecule has 0 spiro atoms. The molecule has 0 radical (unpaired) electrons. The number of nitrogens with one attached hydrogen (secondary N) is 1. The van der Waals surface area contributed by atoms with E-state index in [0.29, 0.717) is 12.3 Å². The fourth-order valence-corrected chi connectivity index (χ4v) is 3.87. The van der Waals surface area contributed by atoms with Crippen LogP contribution in [0.15, 0.2) is 33.1 Å². The van der Waals surface area contributed by atoms with E-state index in [0.717, 1.165) is 26.1 Å². The number of hydrogen-bond donors (Lipinski definition) is 1. The summed E-state index contributed by atoms with van der Waals surface area (Å²) in [7, 11) is 1.81. The average molecular weight is 401 g/mol. The van der Waals surface area contributed by atoms with E-state index in [1.54, 1.807) is 4.90 Å². The molecule has 1 heterocycles. The molecule has 1 aromatic heterocycles. The Morgan fingerprint density at radius 2 is 2.18 bits per heavy atom. The van der Waals surface area contributed by atoms with Crippen molar-refractivity contribution in [1.29, 1.82) is 0 Å². The first-order valence-corrected chi connectivity index (χ1v) is 9.37. The molecule has 0 aliphatic rings. The second-order valence-corrected chi connectivity index (χ2v) is 7.59. The van der Waals surface area contributed by atoms with Crippen LogP contribution in [0.5, 0.6) is 0 Å². The Morgan fingerprint density at radius 1 is 1.41 bits per heavy atom. The van der Waals surface area contributed by atoms with Gasteiger partial charge in [0.25, 0.3) is 0 Å². The van der Waals surface area contributed by atoms with Crippen LogP contribution >= 0.6 is 39.0 Å². The van der Waals surface area contributed by atoms with E-state index >= 15 is 0 Å². The van der Waals surface area contributed by atoms with Gasteiger partial charge in [-0.1, -0.05) is 57.2 Å². The zero-order chi connectivity index (χ0) is 15.9. The summed E-state index contributed by atoms with van der Waals surface area (Å²) in [6.45, 7) is 3.40. The standard InChI is InChI=1S/C14H17BrN4OS2/c1-3-16-13-17-18-14(22-13)21-9-12(20)19(2)8-10-6-4-5-7-11(10)15/h4-7H,3,8-9H2,1-2H3,(H,16,17). The van der Waals surface area contributed by atoms with Crippen molar-refractivity contribution in [2.24, 2.45) is 0 Å². The van der Waals surface area contributed by atoms with Crippen LogP contribution in [0, 0.1) is 0 Å². The number of anilines is 1. The molecule has 1 N–H and O–H groups in total. The molecular formula is C14H17BrN4OS2. The lowest BCUT2D eigenvalue weighted by Gasteiger charge is -2.17. The van der Waals surface area contributed by atoms with Gasteiger partial charge < -0.3 is 10.2 Å². The van der Waals surface area contributed by atoms with Gasteiger partial charge in [0.05, 0.1) is 5.75 Å². The second-order valence-electron chi connectivity index (χ2n) is 4.53. The maximum Gasteiger partial charge on any atom is 0.233 e. The van der Waals surface area contributed by atoms with Gasteiger partial charge in [0.2, 0.25) is 11.0 Å². The molecule has 0 saturated heterocycles. The number of benzene rings is 1. The minimum absolute atomic E-state index is 0.0703. The SMILES string of the molecule is CCNc1nnc(SCC(=O)N(C)Cc2ccccc2Br)s1. The molecule has 0 aliphatic heterocycles. The fraction of sp³-hybridized carbons (Fsp3) is 0.357. The highest BCUT2D eigenvalue weighted by molar-refractivity contribution is 9.10. The summed E-state index contributed by atoms with van der Waals surface area (Å²) in [5.41, 5.74) is 1.09. The van der Waals surface area contributed by atoms with E-state index in [-0.39, 0.29) is 5.91 Å². The van der Waals surface area contributed by atoms with Crippen LogP contribution in [0.25, 0.3) is 0 Å². The maximum atomic E-state index is 12.2. The third kappa shape index (κ3) is 4.96. The largest absolute Gasteiger partial charge is 0.360 e. The maximum absolute atomic E-state index is 12.2. The van der Waals surface area contributed by atoms with Crippen LogP contribution in [-0.4, -0.2) is 40.3 Å². The van der Waals surface area contributed by atoms with E-state index in [1.165, 1.54) is 23.1 Å². The average Bonchev–Trinajstić information content (AvgIpc) is 2.95. The summed E-state index contributed by atoms with van der Waals surface area (Å²) in [5.74, 6) is 0.433. The third-order valence-corrected chi connectivity index (χ3v) is 5.62. The number of carbonyl (C=O) groups excluding carboxylic acids is 1. The molecule has 0 saturated carbocycles. The highest BCUT2D eigenvalue weighted by Crippen LogP contribution is 2.25. The summed E-state index contributed by atoms with van der Waals surface area (Å²) >= 11 is 6.39. The van der Waals surface area contributed by atoms with Gasteiger partial charge in [-0.25, -0.2) is 0 Å². The zero-order valence-electron chi connectivity index (χ0n) is 12.4. The van der Waals surface area contributed by atoms with Gasteiger partial charge in [0.1, 0.15) is 0 Å². The summed E-state index contributed by atoms with van der Waals surface area (Å²) in [6, 6.07) is 7.92. The number of halogens is 1. The first kappa shape index (κ1) is 17.2. The van der Waals surface area contributed by atoms with Gasteiger partial charge >= 0.3 is 0 Å². The number of rotatable bonds is 7. The van der Waals surface area contributed by atoms with E-state index in [9.17, 15) is 4.79 Å². The molecule has 2 rings (SSSR count). The number of aromatic nitrogens is 2. The van der Waals surface area contributed by atoms with Crippen molar-refractivity contribution in [3.8, 4) is 0 Å². The van der Waals surface area contributed by atoms with Crippen LogP contribution in [0.1, 0.15) is 12.5 Å². The first-order chi connectivity index (χ1) is 10.6. The minimum atomic E-state index is 0.0703. The lowest BCUT2D eigenvalue weighted by atomic mass is 10.2. The van der Waals surface area contributed by atoms with Crippen molar-refractivity contribution < 1.29 is 4.79 Å². The van der Waals surface area contributed by atoms with Crippen molar-refractivity contribution in [2.45, 2.75) is 17.8 Å². The van der Waals surface area contributed by atoms with E-state index < -0.39 is 0 Å². The molecule has 22 heavy (non-hydrogen) atoms. The molecule has 1 amide bonds. The van der Waals surface area contributed by atoms with Crippen LogP contribution in [-0.2, 0) is 11.3 Å². The van der Waals surface area contributed by atoms with Crippen molar-refractivity contribution in [1.82, 2.24) is 15.1 Å². The Labute approximate surface area is 146 Å². The summed E-state index contributed by atoms with van der Waals surface area (Å²) in [5, 5.41) is 12.0. The van der Waals surface area contributed by atoms with Gasteiger partial charge in [-0.3, -0.25) is 4.79 Å². The topological polar surface area (TPSA) is 58.1 Å². The Morgan fingerprint density at radius 3 is 2.91 bits per heavy atom. The Balaban J connectivity index is 1.84. The molecule has 5 nitrogen and oxygen atoms in total. The summed E-state index contributed by atoms with van der Waals surface area (Å²) < 4.78 is 1.82. The highest BCUT2D eigenvalue weighted by atomic mass is 79.9. The van der Waals surface area contributed by atoms with Gasteiger partial charge in [0.15, 0.2) is 4.34 Å². The molecule has 0 bridgehead atoms. The van der Waals surface area contributed by atoms with Crippen molar-refractivity contribution in [3.63, 3.8) is 0 Å². The van der Waals surface area contributed by atoms with Crippen LogP contribution in [0.2, 0.25) is 0 Å². The van der Waals surface area contributed by atoms with Crippen molar-refractivity contribution in [3.05, 3.63) is 34.3 Å². The predicted octanol–water partition coefficient (Wildman–Crippen LogP) is 3.48. The quantitative estimate of drug-likeness (QED) is 0.720. The molecule has 8 heteroatoms. The number of hydrogen-bond acceptors (Lipinski definition) is 6. The monoisotopic (exact) mass is 400 g/mol. The summed E-state index contributed by atoms with van der Waals surface area (Å²) in [6.07, 6.45) is 0. The smallest absolute Gasteiger partial charge is 0.233 e. The minimum Gasteiger partial charge on any atom is -0.360 e. The second kappa shape index (κ2) is 8.50. The van der Waals surface area contributed by atoms with E-state index in [4.69, 9.17) is 0 Å². The first-order valence-electron chi connectivity index (χ1n) is 6.77. The van der Waals surface area contributed by atoms with E-state index in [2.05, 4.69) is 31.4 Å². The molecule has 0 aliphatic carbocycles. The number of thioether (sulfide) groups is 1. The molecule has 118 valence electrons. The molecule has 0 atom stereocenters.